The van der Waals surface area contributed by atoms with Gasteiger partial charge in [0.25, 0.3) is 5.91 Å². The van der Waals surface area contributed by atoms with E-state index in [1.54, 1.807) is 19.5 Å². The number of allylic oxidation sites excluding steroid dienone is 1. The van der Waals surface area contributed by atoms with Crippen LogP contribution in [0, 0.1) is 13.8 Å². The molecule has 1 fully saturated rings. The van der Waals surface area contributed by atoms with Gasteiger partial charge in [-0.05, 0) is 72.6 Å². The van der Waals surface area contributed by atoms with Crippen LogP contribution in [0.15, 0.2) is 41.5 Å². The standard InChI is InChI=1S/C27H33N3O2/c1-17-18(2)24-16-30(25-6-4-5-7-26(25)31)27(32)23(24)13-21(17)12-19-8-10-20(11-9-19)22(14-28)15-29-3/h8-11,13-15,25-26,31H,4-7,12,16,28H2,1-3H3/t25-,26-/m0/s1. The van der Waals surface area contributed by atoms with Gasteiger partial charge >= 0.3 is 0 Å². The minimum atomic E-state index is -0.411. The van der Waals surface area contributed by atoms with Gasteiger partial charge in [0.1, 0.15) is 0 Å². The number of rotatable bonds is 5. The third-order valence-electron chi connectivity index (χ3n) is 7.18. The molecule has 1 aliphatic heterocycles. The monoisotopic (exact) mass is 431 g/mol. The third kappa shape index (κ3) is 4.09. The second-order valence-electron chi connectivity index (χ2n) is 9.05. The van der Waals surface area contributed by atoms with E-state index in [0.29, 0.717) is 6.54 Å². The Morgan fingerprint density at radius 1 is 1.19 bits per heavy atom. The Morgan fingerprint density at radius 2 is 1.91 bits per heavy atom. The molecule has 2 atom stereocenters. The predicted octanol–water partition coefficient (Wildman–Crippen LogP) is 4.15. The third-order valence-corrected chi connectivity index (χ3v) is 7.18. The molecule has 0 saturated heterocycles. The number of fused-ring (bicyclic) bond motifs is 1. The predicted molar refractivity (Wildman–Crippen MR) is 130 cm³/mol. The van der Waals surface area contributed by atoms with E-state index in [1.165, 1.54) is 22.3 Å². The number of aliphatic imine (C=N–C) groups is 1. The van der Waals surface area contributed by atoms with E-state index >= 15 is 0 Å². The van der Waals surface area contributed by atoms with Gasteiger partial charge in [-0.1, -0.05) is 37.1 Å². The van der Waals surface area contributed by atoms with Crippen molar-refractivity contribution in [3.8, 4) is 0 Å². The molecule has 0 spiro atoms. The summed E-state index contributed by atoms with van der Waals surface area (Å²) in [6.07, 6.45) is 7.47. The van der Waals surface area contributed by atoms with Crippen LogP contribution in [0.3, 0.4) is 0 Å². The van der Waals surface area contributed by atoms with E-state index in [9.17, 15) is 9.90 Å². The van der Waals surface area contributed by atoms with Crippen LogP contribution in [0.5, 0.6) is 0 Å². The van der Waals surface area contributed by atoms with Gasteiger partial charge < -0.3 is 15.7 Å². The summed E-state index contributed by atoms with van der Waals surface area (Å²) >= 11 is 0. The smallest absolute Gasteiger partial charge is 0.254 e. The number of amides is 1. The maximum atomic E-state index is 13.3. The van der Waals surface area contributed by atoms with Crippen molar-refractivity contribution >= 4 is 17.7 Å². The lowest BCUT2D eigenvalue weighted by atomic mass is 9.91. The molecule has 32 heavy (non-hydrogen) atoms. The largest absolute Gasteiger partial charge is 0.404 e. The minimum Gasteiger partial charge on any atom is -0.404 e. The average Bonchev–Trinajstić information content (AvgIpc) is 3.13. The zero-order valence-electron chi connectivity index (χ0n) is 19.3. The van der Waals surface area contributed by atoms with Crippen molar-refractivity contribution in [3.63, 3.8) is 0 Å². The molecule has 1 aliphatic carbocycles. The molecule has 0 aromatic heterocycles. The summed E-state index contributed by atoms with van der Waals surface area (Å²) in [5.41, 5.74) is 14.4. The summed E-state index contributed by atoms with van der Waals surface area (Å²) in [6, 6.07) is 10.4. The molecule has 168 valence electrons. The van der Waals surface area contributed by atoms with E-state index in [0.717, 1.165) is 54.4 Å². The molecule has 5 heteroatoms. The van der Waals surface area contributed by atoms with E-state index in [4.69, 9.17) is 5.73 Å². The molecular weight excluding hydrogens is 398 g/mol. The zero-order chi connectivity index (χ0) is 22.8. The molecule has 2 aromatic carbocycles. The second-order valence-corrected chi connectivity index (χ2v) is 9.05. The highest BCUT2D eigenvalue weighted by atomic mass is 16.3. The first-order chi connectivity index (χ1) is 15.4. The molecule has 1 heterocycles. The molecule has 4 rings (SSSR count). The summed E-state index contributed by atoms with van der Waals surface area (Å²) in [4.78, 5) is 19.3. The van der Waals surface area contributed by atoms with Gasteiger partial charge in [0.2, 0.25) is 0 Å². The summed E-state index contributed by atoms with van der Waals surface area (Å²) in [5, 5.41) is 10.5. The number of nitrogens with zero attached hydrogens (tertiary/aromatic N) is 2. The van der Waals surface area contributed by atoms with Gasteiger partial charge in [0.15, 0.2) is 0 Å². The normalized spacial score (nSPS) is 21.4. The van der Waals surface area contributed by atoms with E-state index < -0.39 is 6.10 Å². The first-order valence-corrected chi connectivity index (χ1v) is 11.5. The van der Waals surface area contributed by atoms with Crippen molar-refractivity contribution in [1.29, 1.82) is 0 Å². The highest BCUT2D eigenvalue weighted by Gasteiger charge is 2.38. The minimum absolute atomic E-state index is 0.0594. The molecule has 0 unspecified atom stereocenters. The lowest BCUT2D eigenvalue weighted by Crippen LogP contribution is -2.45. The van der Waals surface area contributed by atoms with Crippen LogP contribution in [0.1, 0.15) is 69.4 Å². The van der Waals surface area contributed by atoms with Crippen molar-refractivity contribution in [2.24, 2.45) is 10.7 Å². The van der Waals surface area contributed by atoms with Crippen molar-refractivity contribution < 1.29 is 9.90 Å². The van der Waals surface area contributed by atoms with Crippen molar-refractivity contribution in [3.05, 3.63) is 75.5 Å². The lowest BCUT2D eigenvalue weighted by Gasteiger charge is -2.35. The number of carbonyl (C=O) groups excluding carboxylic acids is 1. The number of carbonyl (C=O) groups is 1. The maximum absolute atomic E-state index is 13.3. The summed E-state index contributed by atoms with van der Waals surface area (Å²) < 4.78 is 0. The van der Waals surface area contributed by atoms with Gasteiger partial charge in [0, 0.05) is 37.1 Å². The van der Waals surface area contributed by atoms with Gasteiger partial charge in [-0.3, -0.25) is 9.79 Å². The summed E-state index contributed by atoms with van der Waals surface area (Å²) in [7, 11) is 1.73. The number of hydrogen-bond acceptors (Lipinski definition) is 4. The molecule has 2 aliphatic rings. The Morgan fingerprint density at radius 3 is 2.56 bits per heavy atom. The molecule has 3 N–H and O–H groups in total. The average molecular weight is 432 g/mol. The molecule has 0 bridgehead atoms. The molecular formula is C27H33N3O2. The van der Waals surface area contributed by atoms with Crippen LogP contribution in [0.25, 0.3) is 5.57 Å². The van der Waals surface area contributed by atoms with Crippen LogP contribution in [-0.2, 0) is 13.0 Å². The molecule has 0 radical (unpaired) electrons. The summed E-state index contributed by atoms with van der Waals surface area (Å²) in [5.74, 6) is 0.0715. The lowest BCUT2D eigenvalue weighted by molar-refractivity contribution is 0.0191. The van der Waals surface area contributed by atoms with Gasteiger partial charge in [0.05, 0.1) is 12.1 Å². The topological polar surface area (TPSA) is 78.9 Å². The van der Waals surface area contributed by atoms with Crippen molar-refractivity contribution in [1.82, 2.24) is 4.90 Å². The van der Waals surface area contributed by atoms with Crippen molar-refractivity contribution in [2.45, 2.75) is 64.6 Å². The fourth-order valence-corrected chi connectivity index (χ4v) is 5.12. The second kappa shape index (κ2) is 9.29. The molecule has 5 nitrogen and oxygen atoms in total. The maximum Gasteiger partial charge on any atom is 0.254 e. The van der Waals surface area contributed by atoms with E-state index in [1.807, 2.05) is 4.90 Å². The Hall–Kier alpha value is -2.92. The Kier molecular flexibility index (Phi) is 6.47. The fourth-order valence-electron chi connectivity index (χ4n) is 5.12. The summed E-state index contributed by atoms with van der Waals surface area (Å²) in [6.45, 7) is 4.89. The quantitative estimate of drug-likeness (QED) is 0.698. The van der Waals surface area contributed by atoms with Crippen LogP contribution in [0.2, 0.25) is 0 Å². The van der Waals surface area contributed by atoms with E-state index in [-0.39, 0.29) is 11.9 Å². The number of benzene rings is 2. The number of aliphatic hydroxyl groups excluding tert-OH is 1. The first-order valence-electron chi connectivity index (χ1n) is 11.5. The Labute approximate surface area is 190 Å². The van der Waals surface area contributed by atoms with Crippen LogP contribution < -0.4 is 5.73 Å². The number of aliphatic hydroxyl groups is 1. The van der Waals surface area contributed by atoms with Gasteiger partial charge in [-0.15, -0.1) is 0 Å². The Bertz CT molecular complexity index is 1070. The fraction of sp³-hybridized carbons (Fsp3) is 0.407. The van der Waals surface area contributed by atoms with Gasteiger partial charge in [-0.2, -0.15) is 0 Å². The first kappa shape index (κ1) is 22.3. The molecule has 1 saturated carbocycles. The number of hydrogen-bond donors (Lipinski definition) is 2. The SMILES string of the molecule is CN=CC(=CN)c1ccc(Cc2cc3c(c(C)c2C)CN([C@H]2CCCC[C@@H]2O)C3=O)cc1. The van der Waals surface area contributed by atoms with Crippen molar-refractivity contribution in [2.75, 3.05) is 7.05 Å². The molecule has 1 amide bonds. The highest BCUT2D eigenvalue weighted by molar-refractivity contribution is 6.09. The van der Waals surface area contributed by atoms with Crippen LogP contribution in [-0.4, -0.2) is 41.3 Å². The number of nitrogens with two attached hydrogens (primary N) is 1. The zero-order valence-corrected chi connectivity index (χ0v) is 19.3. The van der Waals surface area contributed by atoms with E-state index in [2.05, 4.69) is 49.2 Å². The van der Waals surface area contributed by atoms with Crippen LogP contribution in [0.4, 0.5) is 0 Å². The Balaban J connectivity index is 1.59. The molecule has 2 aromatic rings. The van der Waals surface area contributed by atoms with Gasteiger partial charge in [-0.25, -0.2) is 0 Å². The van der Waals surface area contributed by atoms with Crippen LogP contribution >= 0.6 is 0 Å². The highest BCUT2D eigenvalue weighted by Crippen LogP contribution is 2.35.